The van der Waals surface area contributed by atoms with Crippen LogP contribution < -0.4 is 4.90 Å². The van der Waals surface area contributed by atoms with E-state index in [0.29, 0.717) is 28.2 Å². The first-order valence-corrected chi connectivity index (χ1v) is 11.5. The third kappa shape index (κ3) is 5.29. The molecule has 1 amide bonds. The molecule has 0 saturated carbocycles. The Bertz CT molecular complexity index is 1130. The molecule has 0 N–H and O–H groups in total. The molecule has 0 aliphatic carbocycles. The Kier molecular flexibility index (Phi) is 7.40. The summed E-state index contributed by atoms with van der Waals surface area (Å²) in [5.41, 5.74) is 0.615. The summed E-state index contributed by atoms with van der Waals surface area (Å²) in [7, 11) is -1.06. The maximum atomic E-state index is 13.2. The highest BCUT2D eigenvalue weighted by Gasteiger charge is 2.30. The van der Waals surface area contributed by atoms with Crippen molar-refractivity contribution in [3.8, 4) is 0 Å². The van der Waals surface area contributed by atoms with Gasteiger partial charge in [-0.1, -0.05) is 11.6 Å². The fraction of sp³-hybridized carbons (Fsp3) is 0.286. The lowest BCUT2D eigenvalue weighted by molar-refractivity contribution is 0.101. The summed E-state index contributed by atoms with van der Waals surface area (Å²) in [6.07, 6.45) is 2.38. The number of benzene rings is 1. The number of aromatic nitrogens is 1. The monoisotopic (exact) mass is 466 g/mol. The number of anilines is 1. The summed E-state index contributed by atoms with van der Waals surface area (Å²) in [6, 6.07) is 7.11. The van der Waals surface area contributed by atoms with Crippen molar-refractivity contribution >= 4 is 50.9 Å². The van der Waals surface area contributed by atoms with Gasteiger partial charge in [0, 0.05) is 51.5 Å². The number of rotatable bonds is 8. The Morgan fingerprint density at radius 3 is 2.71 bits per heavy atom. The Balaban J connectivity index is 2.15. The van der Waals surface area contributed by atoms with Gasteiger partial charge in [-0.15, -0.1) is 0 Å². The Hall–Kier alpha value is -2.78. The molecule has 0 radical (unpaired) electrons. The van der Waals surface area contributed by atoms with Gasteiger partial charge in [-0.05, 0) is 43.7 Å². The van der Waals surface area contributed by atoms with E-state index in [0.717, 1.165) is 12.3 Å². The lowest BCUT2D eigenvalue weighted by Crippen LogP contribution is -2.34. The molecule has 31 heavy (non-hydrogen) atoms. The van der Waals surface area contributed by atoms with E-state index in [-0.39, 0.29) is 30.2 Å². The lowest BCUT2D eigenvalue weighted by Gasteiger charge is -2.22. The predicted octanol–water partition coefficient (Wildman–Crippen LogP) is 4.58. The highest BCUT2D eigenvalue weighted by atomic mass is 35.5. The fourth-order valence-electron chi connectivity index (χ4n) is 3.04. The van der Waals surface area contributed by atoms with Gasteiger partial charge in [-0.2, -0.15) is 4.39 Å². The van der Waals surface area contributed by atoms with E-state index >= 15 is 0 Å². The average molecular weight is 467 g/mol. The summed E-state index contributed by atoms with van der Waals surface area (Å²) in [5, 5.41) is 0.826. The first kappa shape index (κ1) is 22.9. The number of pyridine rings is 1. The zero-order valence-electron chi connectivity index (χ0n) is 16.9. The average Bonchev–Trinajstić information content (AvgIpc) is 3.09. The molecule has 1 unspecified atom stereocenters. The van der Waals surface area contributed by atoms with Crippen molar-refractivity contribution < 1.29 is 27.3 Å². The van der Waals surface area contributed by atoms with Crippen molar-refractivity contribution in [2.45, 2.75) is 13.3 Å². The quantitative estimate of drug-likeness (QED) is 0.356. The van der Waals surface area contributed by atoms with Crippen LogP contribution in [0.3, 0.4) is 0 Å². The van der Waals surface area contributed by atoms with Crippen LogP contribution in [-0.4, -0.2) is 46.2 Å². The summed E-state index contributed by atoms with van der Waals surface area (Å²) in [4.78, 5) is 30.8. The molecule has 164 valence electrons. The second-order valence-electron chi connectivity index (χ2n) is 6.60. The molecule has 1 aromatic carbocycles. The highest BCUT2D eigenvalue weighted by molar-refractivity contribution is 7.84. The van der Waals surface area contributed by atoms with Crippen molar-refractivity contribution in [2.75, 3.05) is 30.1 Å². The molecule has 7 nitrogen and oxygen atoms in total. The first-order chi connectivity index (χ1) is 14.8. The van der Waals surface area contributed by atoms with Crippen LogP contribution in [-0.2, 0) is 15.5 Å². The van der Waals surface area contributed by atoms with E-state index in [1.165, 1.54) is 11.0 Å². The molecular formula is C21H20ClFN2O5S. The highest BCUT2D eigenvalue weighted by Crippen LogP contribution is 2.37. The number of nitrogens with zero attached hydrogens (tertiary/aromatic N) is 2. The van der Waals surface area contributed by atoms with Crippen LogP contribution >= 0.6 is 11.6 Å². The number of hydrogen-bond donors (Lipinski definition) is 0. The van der Waals surface area contributed by atoms with Gasteiger partial charge in [-0.3, -0.25) is 13.9 Å². The summed E-state index contributed by atoms with van der Waals surface area (Å²) in [6.45, 7) is 1.93. The normalized spacial score (nSPS) is 12.0. The first-order valence-electron chi connectivity index (χ1n) is 9.44. The number of carbonyl (C=O) groups excluding carboxylic acids is 2. The van der Waals surface area contributed by atoms with Crippen LogP contribution in [0.2, 0.25) is 5.02 Å². The molecule has 10 heteroatoms. The number of ketones is 1. The fourth-order valence-corrected chi connectivity index (χ4v) is 3.75. The smallest absolute Gasteiger partial charge is 0.414 e. The maximum Gasteiger partial charge on any atom is 0.414 e. The zero-order chi connectivity index (χ0) is 22.5. The zero-order valence-corrected chi connectivity index (χ0v) is 18.5. The number of halogens is 2. The van der Waals surface area contributed by atoms with E-state index in [2.05, 4.69) is 4.98 Å². The van der Waals surface area contributed by atoms with Gasteiger partial charge >= 0.3 is 6.09 Å². The Morgan fingerprint density at radius 1 is 1.29 bits per heavy atom. The van der Waals surface area contributed by atoms with Gasteiger partial charge in [0.2, 0.25) is 11.7 Å². The van der Waals surface area contributed by atoms with Crippen molar-refractivity contribution in [3.63, 3.8) is 0 Å². The number of hydrogen-bond acceptors (Lipinski definition) is 6. The molecule has 2 aromatic heterocycles. The molecule has 0 saturated heterocycles. The summed E-state index contributed by atoms with van der Waals surface area (Å²) < 4.78 is 35.7. The lowest BCUT2D eigenvalue weighted by atomic mass is 10.1. The van der Waals surface area contributed by atoms with Gasteiger partial charge in [0.1, 0.15) is 11.3 Å². The number of furan rings is 1. The number of carbonyl (C=O) groups is 2. The minimum atomic E-state index is -1.06. The van der Waals surface area contributed by atoms with Crippen LogP contribution in [0.25, 0.3) is 11.0 Å². The van der Waals surface area contributed by atoms with Crippen LogP contribution in [0.5, 0.6) is 0 Å². The number of amides is 1. The molecule has 2 heterocycles. The third-order valence-electron chi connectivity index (χ3n) is 4.39. The molecule has 0 aliphatic rings. The van der Waals surface area contributed by atoms with E-state index in [1.807, 2.05) is 0 Å². The van der Waals surface area contributed by atoms with Gasteiger partial charge in [0.25, 0.3) is 0 Å². The van der Waals surface area contributed by atoms with Crippen LogP contribution in [0.15, 0.2) is 40.9 Å². The van der Waals surface area contributed by atoms with Crippen LogP contribution in [0.1, 0.15) is 29.5 Å². The summed E-state index contributed by atoms with van der Waals surface area (Å²) >= 11 is 6.15. The van der Waals surface area contributed by atoms with E-state index in [1.54, 1.807) is 31.4 Å². The SMILES string of the molecule is CCOC(=O)N(CCCS(C)=O)c1c(C(=O)c2ccc(F)nc2)oc2ccc(Cl)cc12. The van der Waals surface area contributed by atoms with Gasteiger partial charge in [0.15, 0.2) is 5.76 Å². The van der Waals surface area contributed by atoms with Crippen molar-refractivity contribution in [3.05, 3.63) is 58.8 Å². The van der Waals surface area contributed by atoms with Crippen molar-refractivity contribution in [2.24, 2.45) is 0 Å². The van der Waals surface area contributed by atoms with Crippen molar-refractivity contribution in [1.29, 1.82) is 0 Å². The van der Waals surface area contributed by atoms with Crippen LogP contribution in [0, 0.1) is 5.95 Å². The van der Waals surface area contributed by atoms with E-state index < -0.39 is 28.6 Å². The van der Waals surface area contributed by atoms with Crippen LogP contribution in [0.4, 0.5) is 14.9 Å². The Labute approximate surface area is 185 Å². The van der Waals surface area contributed by atoms with Gasteiger partial charge in [0.05, 0.1) is 6.61 Å². The molecule has 0 spiro atoms. The minimum Gasteiger partial charge on any atom is -0.450 e. The van der Waals surface area contributed by atoms with Crippen molar-refractivity contribution in [1.82, 2.24) is 4.98 Å². The Morgan fingerprint density at radius 2 is 2.06 bits per heavy atom. The number of fused-ring (bicyclic) bond motifs is 1. The third-order valence-corrected chi connectivity index (χ3v) is 5.49. The predicted molar refractivity (Wildman–Crippen MR) is 117 cm³/mol. The van der Waals surface area contributed by atoms with Gasteiger partial charge in [-0.25, -0.2) is 9.78 Å². The molecule has 0 fully saturated rings. The summed E-state index contributed by atoms with van der Waals surface area (Å²) in [5.74, 6) is -1.08. The standard InChI is InChI=1S/C21H20ClFN2O5S/c1-3-29-21(27)25(9-4-10-31(2)28)18-15-11-14(22)6-7-16(15)30-20(18)19(26)13-5-8-17(23)24-12-13/h5-8,11-12H,3-4,9-10H2,1-2H3. The largest absolute Gasteiger partial charge is 0.450 e. The topological polar surface area (TPSA) is 89.7 Å². The molecule has 0 bridgehead atoms. The molecular weight excluding hydrogens is 447 g/mol. The van der Waals surface area contributed by atoms with E-state index in [4.69, 9.17) is 20.8 Å². The second-order valence-corrected chi connectivity index (χ2v) is 8.59. The molecule has 3 aromatic rings. The number of ether oxygens (including phenoxy) is 1. The maximum absolute atomic E-state index is 13.2. The molecule has 0 aliphatic heterocycles. The van der Waals surface area contributed by atoms with Gasteiger partial charge < -0.3 is 9.15 Å². The second kappa shape index (κ2) is 10.0. The minimum absolute atomic E-state index is 0.0891. The molecule has 1 atom stereocenters. The molecule has 3 rings (SSSR count). The van der Waals surface area contributed by atoms with E-state index in [9.17, 15) is 18.2 Å².